The molecule has 0 aliphatic carbocycles. The molecule has 0 bridgehead atoms. The molecule has 0 amide bonds. The van der Waals surface area contributed by atoms with Gasteiger partial charge in [0.1, 0.15) is 5.82 Å². The fourth-order valence-electron chi connectivity index (χ4n) is 1.57. The third-order valence-corrected chi connectivity index (χ3v) is 2.56. The topological polar surface area (TPSA) is 24.9 Å². The number of halogens is 3. The summed E-state index contributed by atoms with van der Waals surface area (Å²) >= 11 is 0. The minimum Gasteiger partial charge on any atom is -0.377 e. The molecule has 0 aliphatic rings. The molecule has 0 saturated carbocycles. The average Bonchev–Trinajstić information content (AvgIpc) is 2.33. The Labute approximate surface area is 102 Å². The van der Waals surface area contributed by atoms with E-state index < -0.39 is 17.5 Å². The van der Waals surface area contributed by atoms with Gasteiger partial charge in [0.15, 0.2) is 11.6 Å². The Hall–Kier alpha value is -2.04. The highest BCUT2D eigenvalue weighted by Crippen LogP contribution is 2.20. The van der Waals surface area contributed by atoms with E-state index in [0.717, 1.165) is 11.6 Å². The first-order chi connectivity index (χ1) is 8.58. The zero-order valence-electron chi connectivity index (χ0n) is 9.67. The molecule has 0 spiro atoms. The maximum Gasteiger partial charge on any atom is 0.182 e. The van der Waals surface area contributed by atoms with Crippen LogP contribution in [0, 0.1) is 24.4 Å². The van der Waals surface area contributed by atoms with Gasteiger partial charge in [0, 0.05) is 18.3 Å². The normalized spacial score (nSPS) is 10.4. The molecule has 1 N–H and O–H groups in total. The monoisotopic (exact) mass is 252 g/mol. The van der Waals surface area contributed by atoms with Crippen LogP contribution in [0.4, 0.5) is 18.9 Å². The average molecular weight is 252 g/mol. The summed E-state index contributed by atoms with van der Waals surface area (Å²) in [7, 11) is 0. The molecule has 94 valence electrons. The SMILES string of the molecule is Cc1cccnc1CNc1cc(F)cc(F)c1F. The first kappa shape index (κ1) is 12.4. The summed E-state index contributed by atoms with van der Waals surface area (Å²) in [6.07, 6.45) is 1.60. The van der Waals surface area contributed by atoms with Gasteiger partial charge in [0.05, 0.1) is 17.9 Å². The number of benzene rings is 1. The molecule has 2 aromatic rings. The summed E-state index contributed by atoms with van der Waals surface area (Å²) in [5.74, 6) is -3.13. The lowest BCUT2D eigenvalue weighted by Gasteiger charge is -2.09. The van der Waals surface area contributed by atoms with Crippen LogP contribution >= 0.6 is 0 Å². The van der Waals surface area contributed by atoms with Gasteiger partial charge in [-0.05, 0) is 18.6 Å². The van der Waals surface area contributed by atoms with E-state index in [0.29, 0.717) is 11.8 Å². The van der Waals surface area contributed by atoms with Crippen LogP contribution in [-0.4, -0.2) is 4.98 Å². The number of hydrogen-bond acceptors (Lipinski definition) is 2. The van der Waals surface area contributed by atoms with Crippen LogP contribution in [-0.2, 0) is 6.54 Å². The number of hydrogen-bond donors (Lipinski definition) is 1. The van der Waals surface area contributed by atoms with Gasteiger partial charge in [-0.3, -0.25) is 4.98 Å². The number of pyridine rings is 1. The van der Waals surface area contributed by atoms with Crippen molar-refractivity contribution in [2.75, 3.05) is 5.32 Å². The zero-order chi connectivity index (χ0) is 13.1. The van der Waals surface area contributed by atoms with Crippen molar-refractivity contribution >= 4 is 5.69 Å². The summed E-state index contributed by atoms with van der Waals surface area (Å²) < 4.78 is 39.3. The molecule has 1 aromatic carbocycles. The Morgan fingerprint density at radius 3 is 2.72 bits per heavy atom. The molecule has 2 rings (SSSR count). The summed E-state index contributed by atoms with van der Waals surface area (Å²) in [6, 6.07) is 5.05. The second kappa shape index (κ2) is 5.08. The predicted octanol–water partition coefficient (Wildman–Crippen LogP) is 3.42. The fraction of sp³-hybridized carbons (Fsp3) is 0.154. The van der Waals surface area contributed by atoms with Crippen LogP contribution in [0.5, 0.6) is 0 Å². The van der Waals surface area contributed by atoms with E-state index in [1.165, 1.54) is 0 Å². The predicted molar refractivity (Wildman–Crippen MR) is 62.6 cm³/mol. The van der Waals surface area contributed by atoms with Crippen LogP contribution in [0.3, 0.4) is 0 Å². The van der Waals surface area contributed by atoms with Gasteiger partial charge in [-0.15, -0.1) is 0 Å². The Morgan fingerprint density at radius 2 is 2.00 bits per heavy atom. The van der Waals surface area contributed by atoms with Crippen molar-refractivity contribution in [3.05, 3.63) is 59.2 Å². The second-order valence-electron chi connectivity index (χ2n) is 3.87. The standard InChI is InChI=1S/C13H11F3N2/c1-8-3-2-4-17-12(8)7-18-11-6-9(14)5-10(15)13(11)16/h2-6,18H,7H2,1H3. The van der Waals surface area contributed by atoms with E-state index in [9.17, 15) is 13.2 Å². The van der Waals surface area contributed by atoms with Gasteiger partial charge >= 0.3 is 0 Å². The van der Waals surface area contributed by atoms with Crippen molar-refractivity contribution in [3.63, 3.8) is 0 Å². The molecule has 0 fully saturated rings. The minimum absolute atomic E-state index is 0.201. The van der Waals surface area contributed by atoms with Gasteiger partial charge in [0.2, 0.25) is 0 Å². The summed E-state index contributed by atoms with van der Waals surface area (Å²) in [4.78, 5) is 4.10. The van der Waals surface area contributed by atoms with E-state index >= 15 is 0 Å². The molecule has 18 heavy (non-hydrogen) atoms. The molecule has 0 radical (unpaired) electrons. The lowest BCUT2D eigenvalue weighted by atomic mass is 10.2. The van der Waals surface area contributed by atoms with E-state index in [-0.39, 0.29) is 12.2 Å². The maximum absolute atomic E-state index is 13.4. The van der Waals surface area contributed by atoms with Crippen LogP contribution in [0.25, 0.3) is 0 Å². The maximum atomic E-state index is 13.4. The van der Waals surface area contributed by atoms with Crippen LogP contribution in [0.2, 0.25) is 0 Å². The smallest absolute Gasteiger partial charge is 0.182 e. The molecule has 0 aliphatic heterocycles. The van der Waals surface area contributed by atoms with Crippen LogP contribution in [0.15, 0.2) is 30.5 Å². The van der Waals surface area contributed by atoms with E-state index in [1.54, 1.807) is 12.3 Å². The summed E-state index contributed by atoms with van der Waals surface area (Å²) in [6.45, 7) is 2.05. The largest absolute Gasteiger partial charge is 0.377 e. The highest BCUT2D eigenvalue weighted by molar-refractivity contribution is 5.46. The highest BCUT2D eigenvalue weighted by atomic mass is 19.2. The van der Waals surface area contributed by atoms with E-state index in [1.807, 2.05) is 13.0 Å². The van der Waals surface area contributed by atoms with Crippen LogP contribution in [0.1, 0.15) is 11.3 Å². The third kappa shape index (κ3) is 2.61. The van der Waals surface area contributed by atoms with Crippen molar-refractivity contribution in [1.82, 2.24) is 4.98 Å². The van der Waals surface area contributed by atoms with Crippen molar-refractivity contribution in [1.29, 1.82) is 0 Å². The van der Waals surface area contributed by atoms with Gasteiger partial charge in [0.25, 0.3) is 0 Å². The van der Waals surface area contributed by atoms with Gasteiger partial charge in [-0.1, -0.05) is 6.07 Å². The number of aryl methyl sites for hydroxylation is 1. The molecule has 0 atom stereocenters. The highest BCUT2D eigenvalue weighted by Gasteiger charge is 2.11. The molecule has 2 nitrogen and oxygen atoms in total. The Morgan fingerprint density at radius 1 is 1.22 bits per heavy atom. The molecule has 1 aromatic heterocycles. The Bertz CT molecular complexity index is 570. The van der Waals surface area contributed by atoms with Crippen molar-refractivity contribution < 1.29 is 13.2 Å². The van der Waals surface area contributed by atoms with E-state index in [4.69, 9.17) is 0 Å². The molecule has 5 heteroatoms. The zero-order valence-corrected chi connectivity index (χ0v) is 9.67. The second-order valence-corrected chi connectivity index (χ2v) is 3.87. The minimum atomic E-state index is -1.21. The third-order valence-electron chi connectivity index (χ3n) is 2.56. The number of nitrogens with one attached hydrogen (secondary N) is 1. The first-order valence-electron chi connectivity index (χ1n) is 5.37. The van der Waals surface area contributed by atoms with Crippen molar-refractivity contribution in [2.24, 2.45) is 0 Å². The van der Waals surface area contributed by atoms with E-state index in [2.05, 4.69) is 10.3 Å². The quantitative estimate of drug-likeness (QED) is 0.847. The lowest BCUT2D eigenvalue weighted by molar-refractivity contribution is 0.497. The van der Waals surface area contributed by atoms with Gasteiger partial charge in [-0.2, -0.15) is 0 Å². The Kier molecular flexibility index (Phi) is 3.50. The molecule has 0 unspecified atom stereocenters. The van der Waals surface area contributed by atoms with Gasteiger partial charge < -0.3 is 5.32 Å². The summed E-state index contributed by atoms with van der Waals surface area (Å²) in [5.41, 5.74) is 1.40. The molecule has 0 saturated heterocycles. The molecule has 1 heterocycles. The Balaban J connectivity index is 2.18. The van der Waals surface area contributed by atoms with Crippen molar-refractivity contribution in [2.45, 2.75) is 13.5 Å². The number of rotatable bonds is 3. The molecular weight excluding hydrogens is 241 g/mol. The lowest BCUT2D eigenvalue weighted by Crippen LogP contribution is -2.06. The number of anilines is 1. The van der Waals surface area contributed by atoms with Gasteiger partial charge in [-0.25, -0.2) is 13.2 Å². The van der Waals surface area contributed by atoms with Crippen LogP contribution < -0.4 is 5.32 Å². The van der Waals surface area contributed by atoms with Crippen molar-refractivity contribution in [3.8, 4) is 0 Å². The number of aromatic nitrogens is 1. The fourth-order valence-corrected chi connectivity index (χ4v) is 1.57. The first-order valence-corrected chi connectivity index (χ1v) is 5.37. The number of nitrogens with zero attached hydrogens (tertiary/aromatic N) is 1. The summed E-state index contributed by atoms with van der Waals surface area (Å²) in [5, 5.41) is 2.63. The molecular formula is C13H11F3N2.